The van der Waals surface area contributed by atoms with E-state index in [9.17, 15) is 4.79 Å². The Labute approximate surface area is 124 Å². The van der Waals surface area contributed by atoms with Crippen molar-refractivity contribution in [2.75, 3.05) is 6.54 Å². The molecule has 0 amide bonds. The Morgan fingerprint density at radius 2 is 1.90 bits per heavy atom. The van der Waals surface area contributed by atoms with Crippen LogP contribution in [-0.4, -0.2) is 11.1 Å². The molecule has 0 radical (unpaired) electrons. The van der Waals surface area contributed by atoms with Gasteiger partial charge in [0, 0.05) is 17.3 Å². The van der Waals surface area contributed by atoms with E-state index in [0.717, 1.165) is 30.4 Å². The molecule has 1 aliphatic rings. The van der Waals surface area contributed by atoms with E-state index >= 15 is 0 Å². The zero-order valence-corrected chi connectivity index (χ0v) is 11.9. The maximum absolute atomic E-state index is 12.1. The molecule has 1 heterocycles. The average Bonchev–Trinajstić information content (AvgIpc) is 2.98. The fraction of sp³-hybridized carbons (Fsp3) is 0.278. The van der Waals surface area contributed by atoms with Crippen LogP contribution in [0.4, 0.5) is 0 Å². The molecule has 2 aromatic rings. The molecule has 0 unspecified atom stereocenters. The topological polar surface area (TPSA) is 48.0 Å². The van der Waals surface area contributed by atoms with Gasteiger partial charge in [-0.3, -0.25) is 4.79 Å². The zero-order chi connectivity index (χ0) is 14.7. The summed E-state index contributed by atoms with van der Waals surface area (Å²) in [7, 11) is 0. The van der Waals surface area contributed by atoms with Crippen LogP contribution in [0.15, 0.2) is 41.2 Å². The van der Waals surface area contributed by atoms with Gasteiger partial charge >= 0.3 is 0 Å². The molecule has 1 aromatic carbocycles. The summed E-state index contributed by atoms with van der Waals surface area (Å²) in [6.07, 6.45) is 3.24. The van der Waals surface area contributed by atoms with Gasteiger partial charge in [-0.05, 0) is 42.5 Å². The molecule has 2 N–H and O–H groups in total. The van der Waals surface area contributed by atoms with Gasteiger partial charge < -0.3 is 10.3 Å². The number of rotatable bonds is 2. The van der Waals surface area contributed by atoms with Gasteiger partial charge in [-0.25, -0.2) is 0 Å². The molecule has 0 saturated carbocycles. The minimum atomic E-state index is 0.0858. The first-order valence-corrected chi connectivity index (χ1v) is 7.27. The van der Waals surface area contributed by atoms with Crippen molar-refractivity contribution in [3.8, 4) is 11.8 Å². The quantitative estimate of drug-likeness (QED) is 0.850. The summed E-state index contributed by atoms with van der Waals surface area (Å²) in [5, 5.41) is 0. The standard InChI is InChI=1S/C18H18N2O/c19-12-2-3-14-6-8-15(9-7-14)13-20-17-5-1-4-16(17)10-11-18(20)21/h6-11H,1,4-5,12-13,19H2. The highest BCUT2D eigenvalue weighted by atomic mass is 16.1. The highest BCUT2D eigenvalue weighted by molar-refractivity contribution is 5.36. The highest BCUT2D eigenvalue weighted by Crippen LogP contribution is 2.20. The molecular formula is C18H18N2O. The van der Waals surface area contributed by atoms with E-state index in [1.165, 1.54) is 11.3 Å². The number of hydrogen-bond acceptors (Lipinski definition) is 2. The van der Waals surface area contributed by atoms with Crippen LogP contribution >= 0.6 is 0 Å². The van der Waals surface area contributed by atoms with Crippen LogP contribution in [-0.2, 0) is 19.4 Å². The minimum absolute atomic E-state index is 0.0858. The Morgan fingerprint density at radius 3 is 2.67 bits per heavy atom. The van der Waals surface area contributed by atoms with Gasteiger partial charge in [0.25, 0.3) is 5.56 Å². The van der Waals surface area contributed by atoms with Gasteiger partial charge in [-0.1, -0.05) is 30.0 Å². The van der Waals surface area contributed by atoms with Crippen molar-refractivity contribution in [1.82, 2.24) is 4.57 Å². The number of fused-ring (bicyclic) bond motifs is 1. The Morgan fingerprint density at radius 1 is 1.10 bits per heavy atom. The molecule has 0 atom stereocenters. The molecule has 0 spiro atoms. The summed E-state index contributed by atoms with van der Waals surface area (Å²) in [5.41, 5.74) is 10.0. The number of benzene rings is 1. The molecule has 1 aliphatic carbocycles. The van der Waals surface area contributed by atoms with Crippen molar-refractivity contribution in [3.63, 3.8) is 0 Å². The second kappa shape index (κ2) is 5.99. The maximum atomic E-state index is 12.1. The number of aryl methyl sites for hydroxylation is 1. The summed E-state index contributed by atoms with van der Waals surface area (Å²) in [6, 6.07) is 11.7. The first-order chi connectivity index (χ1) is 10.3. The van der Waals surface area contributed by atoms with Crippen molar-refractivity contribution in [2.45, 2.75) is 25.8 Å². The van der Waals surface area contributed by atoms with Crippen LogP contribution in [0.2, 0.25) is 0 Å². The predicted octanol–water partition coefficient (Wildman–Crippen LogP) is 1.70. The SMILES string of the molecule is NCC#Cc1ccc(Cn2c3c(ccc2=O)CCC3)cc1. The van der Waals surface area contributed by atoms with E-state index in [-0.39, 0.29) is 5.56 Å². The van der Waals surface area contributed by atoms with Gasteiger partial charge in [0.1, 0.15) is 0 Å². The normalized spacial score (nSPS) is 12.6. The molecular weight excluding hydrogens is 260 g/mol. The third-order valence-corrected chi connectivity index (χ3v) is 3.88. The van der Waals surface area contributed by atoms with Crippen molar-refractivity contribution >= 4 is 0 Å². The molecule has 0 fully saturated rings. The lowest BCUT2D eigenvalue weighted by Crippen LogP contribution is -2.23. The number of pyridine rings is 1. The molecule has 0 aliphatic heterocycles. The summed E-state index contributed by atoms with van der Waals surface area (Å²) in [6.45, 7) is 1.000. The molecule has 3 rings (SSSR count). The van der Waals surface area contributed by atoms with Crippen LogP contribution < -0.4 is 11.3 Å². The summed E-state index contributed by atoms with van der Waals surface area (Å²) >= 11 is 0. The smallest absolute Gasteiger partial charge is 0.251 e. The Hall–Kier alpha value is -2.31. The van der Waals surface area contributed by atoms with Crippen molar-refractivity contribution < 1.29 is 0 Å². The van der Waals surface area contributed by atoms with E-state index in [2.05, 4.69) is 11.8 Å². The molecule has 3 nitrogen and oxygen atoms in total. The lowest BCUT2D eigenvalue weighted by atomic mass is 10.1. The molecule has 0 saturated heterocycles. The largest absolute Gasteiger partial charge is 0.320 e. The van der Waals surface area contributed by atoms with Gasteiger partial charge in [-0.2, -0.15) is 0 Å². The first kappa shape index (κ1) is 13.7. The zero-order valence-electron chi connectivity index (χ0n) is 11.9. The maximum Gasteiger partial charge on any atom is 0.251 e. The van der Waals surface area contributed by atoms with Crippen LogP contribution in [0.3, 0.4) is 0 Å². The Bertz CT molecular complexity index is 761. The third kappa shape index (κ3) is 2.91. The minimum Gasteiger partial charge on any atom is -0.320 e. The summed E-state index contributed by atoms with van der Waals surface area (Å²) in [5.74, 6) is 5.84. The van der Waals surface area contributed by atoms with Gasteiger partial charge in [0.15, 0.2) is 0 Å². The van der Waals surface area contributed by atoms with Crippen LogP contribution in [0.1, 0.15) is 28.8 Å². The van der Waals surface area contributed by atoms with Gasteiger partial charge in [0.05, 0.1) is 13.1 Å². The lowest BCUT2D eigenvalue weighted by molar-refractivity contribution is 0.707. The molecule has 21 heavy (non-hydrogen) atoms. The van der Waals surface area contributed by atoms with E-state index < -0.39 is 0 Å². The fourth-order valence-electron chi connectivity index (χ4n) is 2.84. The van der Waals surface area contributed by atoms with Crippen molar-refractivity contribution in [3.05, 3.63) is 69.1 Å². The van der Waals surface area contributed by atoms with E-state index in [4.69, 9.17) is 5.73 Å². The van der Waals surface area contributed by atoms with Crippen LogP contribution in [0.25, 0.3) is 0 Å². The van der Waals surface area contributed by atoms with Gasteiger partial charge in [0.2, 0.25) is 0 Å². The van der Waals surface area contributed by atoms with Crippen LogP contribution in [0.5, 0.6) is 0 Å². The molecule has 3 heteroatoms. The van der Waals surface area contributed by atoms with Crippen molar-refractivity contribution in [1.29, 1.82) is 0 Å². The summed E-state index contributed by atoms with van der Waals surface area (Å²) in [4.78, 5) is 12.1. The lowest BCUT2D eigenvalue weighted by Gasteiger charge is -2.12. The number of nitrogens with zero attached hydrogens (tertiary/aromatic N) is 1. The molecule has 106 valence electrons. The number of hydrogen-bond donors (Lipinski definition) is 1. The molecule has 0 bridgehead atoms. The fourth-order valence-corrected chi connectivity index (χ4v) is 2.84. The second-order valence-corrected chi connectivity index (χ2v) is 5.29. The highest BCUT2D eigenvalue weighted by Gasteiger charge is 2.15. The Kier molecular flexibility index (Phi) is 3.89. The van der Waals surface area contributed by atoms with Crippen molar-refractivity contribution in [2.24, 2.45) is 5.73 Å². The third-order valence-electron chi connectivity index (χ3n) is 3.88. The van der Waals surface area contributed by atoms with E-state index in [1.54, 1.807) is 6.07 Å². The predicted molar refractivity (Wildman–Crippen MR) is 84.2 cm³/mol. The summed E-state index contributed by atoms with van der Waals surface area (Å²) < 4.78 is 1.91. The second-order valence-electron chi connectivity index (χ2n) is 5.29. The van der Waals surface area contributed by atoms with E-state index in [1.807, 2.05) is 34.9 Å². The van der Waals surface area contributed by atoms with Crippen LogP contribution in [0, 0.1) is 11.8 Å². The van der Waals surface area contributed by atoms with Gasteiger partial charge in [-0.15, -0.1) is 0 Å². The Balaban J connectivity index is 1.88. The monoisotopic (exact) mass is 278 g/mol. The first-order valence-electron chi connectivity index (χ1n) is 7.27. The number of nitrogens with two attached hydrogens (primary N) is 1. The van der Waals surface area contributed by atoms with E-state index in [0.29, 0.717) is 13.1 Å². The number of aromatic nitrogens is 1. The molecule has 1 aromatic heterocycles. The average molecular weight is 278 g/mol.